The Kier molecular flexibility index (Phi) is 7.84. The molecule has 0 saturated heterocycles. The first kappa shape index (κ1) is 22.2. The summed E-state index contributed by atoms with van der Waals surface area (Å²) >= 11 is 12.2. The number of hydrogen-bond acceptors (Lipinski definition) is 3. The molecule has 0 saturated carbocycles. The number of hydrogen-bond donors (Lipinski definition) is 1. The fraction of sp³-hybridized carbons (Fsp3) is 0.381. The summed E-state index contributed by atoms with van der Waals surface area (Å²) in [6, 6.07) is 12.1. The number of rotatable bonds is 8. The Hall–Kier alpha value is -2.11. The van der Waals surface area contributed by atoms with Gasteiger partial charge >= 0.3 is 6.09 Å². The molecule has 152 valence electrons. The van der Waals surface area contributed by atoms with Crippen LogP contribution in [-0.4, -0.2) is 35.8 Å². The topological polar surface area (TPSA) is 59.0 Å². The van der Waals surface area contributed by atoms with Crippen molar-refractivity contribution >= 4 is 29.3 Å². The standard InChI is InChI=1S/C21H25Cl2NO4/c1-21(2,3)9-10-24(20(25)26)11-12-27-19-8-7-17(14-18(19)23)28-16-6-4-5-15(22)13-16/h4-8,13-14H,9-12H2,1-3H3,(H,25,26). The zero-order valence-corrected chi connectivity index (χ0v) is 17.8. The van der Waals surface area contributed by atoms with Gasteiger partial charge in [0.25, 0.3) is 0 Å². The Bertz CT molecular complexity index is 805. The molecule has 0 aliphatic heterocycles. The van der Waals surface area contributed by atoms with Crippen LogP contribution >= 0.6 is 23.2 Å². The van der Waals surface area contributed by atoms with Gasteiger partial charge in [0.05, 0.1) is 11.6 Å². The number of ether oxygens (including phenoxy) is 2. The smallest absolute Gasteiger partial charge is 0.407 e. The highest BCUT2D eigenvalue weighted by molar-refractivity contribution is 6.32. The van der Waals surface area contributed by atoms with Crippen LogP contribution in [0.2, 0.25) is 10.0 Å². The molecular formula is C21H25Cl2NO4. The average molecular weight is 426 g/mol. The van der Waals surface area contributed by atoms with Crippen LogP contribution in [0.4, 0.5) is 4.79 Å². The predicted octanol–water partition coefficient (Wildman–Crippen LogP) is 6.58. The molecule has 0 bridgehead atoms. The molecule has 2 rings (SSSR count). The Morgan fingerprint density at radius 2 is 1.79 bits per heavy atom. The Balaban J connectivity index is 1.90. The Morgan fingerprint density at radius 3 is 2.39 bits per heavy atom. The lowest BCUT2D eigenvalue weighted by Crippen LogP contribution is -2.35. The van der Waals surface area contributed by atoms with Gasteiger partial charge in [-0.05, 0) is 42.2 Å². The minimum atomic E-state index is -0.954. The van der Waals surface area contributed by atoms with Gasteiger partial charge in [-0.2, -0.15) is 0 Å². The van der Waals surface area contributed by atoms with Crippen LogP contribution in [0.1, 0.15) is 27.2 Å². The molecule has 0 aromatic heterocycles. The Morgan fingerprint density at radius 1 is 1.07 bits per heavy atom. The molecule has 7 heteroatoms. The maximum absolute atomic E-state index is 11.4. The molecule has 28 heavy (non-hydrogen) atoms. The number of carboxylic acid groups (broad SMARTS) is 1. The first-order chi connectivity index (χ1) is 13.1. The largest absolute Gasteiger partial charge is 0.490 e. The summed E-state index contributed by atoms with van der Waals surface area (Å²) in [5.74, 6) is 1.63. The van der Waals surface area contributed by atoms with E-state index in [1.165, 1.54) is 4.90 Å². The molecule has 0 spiro atoms. The van der Waals surface area contributed by atoms with Crippen LogP contribution in [0.25, 0.3) is 0 Å². The van der Waals surface area contributed by atoms with Crippen molar-refractivity contribution in [1.29, 1.82) is 0 Å². The monoisotopic (exact) mass is 425 g/mol. The number of benzene rings is 2. The summed E-state index contributed by atoms with van der Waals surface area (Å²) in [5.41, 5.74) is 0.0661. The van der Waals surface area contributed by atoms with E-state index in [-0.39, 0.29) is 18.6 Å². The molecule has 0 atom stereocenters. The molecule has 0 radical (unpaired) electrons. The van der Waals surface area contributed by atoms with Gasteiger partial charge in [0.1, 0.15) is 23.9 Å². The quantitative estimate of drug-likeness (QED) is 0.518. The number of amides is 1. The van der Waals surface area contributed by atoms with Crippen LogP contribution in [0.5, 0.6) is 17.2 Å². The Labute approximate surface area is 175 Å². The lowest BCUT2D eigenvalue weighted by atomic mass is 9.92. The van der Waals surface area contributed by atoms with Crippen molar-refractivity contribution in [3.8, 4) is 17.2 Å². The third kappa shape index (κ3) is 7.49. The van der Waals surface area contributed by atoms with Crippen molar-refractivity contribution in [2.45, 2.75) is 27.2 Å². The molecule has 1 N–H and O–H groups in total. The van der Waals surface area contributed by atoms with E-state index in [1.54, 1.807) is 42.5 Å². The molecular weight excluding hydrogens is 401 g/mol. The van der Waals surface area contributed by atoms with E-state index < -0.39 is 6.09 Å². The van der Waals surface area contributed by atoms with E-state index in [1.807, 2.05) is 0 Å². The highest BCUT2D eigenvalue weighted by Crippen LogP contribution is 2.32. The third-order valence-corrected chi connectivity index (χ3v) is 4.49. The minimum absolute atomic E-state index is 0.0661. The number of carbonyl (C=O) groups is 1. The highest BCUT2D eigenvalue weighted by atomic mass is 35.5. The van der Waals surface area contributed by atoms with Crippen molar-refractivity contribution in [2.24, 2.45) is 5.41 Å². The van der Waals surface area contributed by atoms with Gasteiger partial charge in [-0.1, -0.05) is 50.0 Å². The molecule has 2 aromatic rings. The number of halogens is 2. The second kappa shape index (κ2) is 9.89. The van der Waals surface area contributed by atoms with Gasteiger partial charge in [-0.15, -0.1) is 0 Å². The molecule has 0 fully saturated rings. The summed E-state index contributed by atoms with van der Waals surface area (Å²) < 4.78 is 11.4. The van der Waals surface area contributed by atoms with Crippen molar-refractivity contribution < 1.29 is 19.4 Å². The van der Waals surface area contributed by atoms with Gasteiger partial charge in [0.2, 0.25) is 0 Å². The molecule has 0 aliphatic rings. The van der Waals surface area contributed by atoms with E-state index in [2.05, 4.69) is 20.8 Å². The van der Waals surface area contributed by atoms with Crippen LogP contribution in [0, 0.1) is 5.41 Å². The van der Waals surface area contributed by atoms with Gasteiger partial charge in [0.15, 0.2) is 0 Å². The SMILES string of the molecule is CC(C)(C)CCN(CCOc1ccc(Oc2cccc(Cl)c2)cc1Cl)C(=O)O. The lowest BCUT2D eigenvalue weighted by molar-refractivity contribution is 0.128. The average Bonchev–Trinajstić information content (AvgIpc) is 2.58. The minimum Gasteiger partial charge on any atom is -0.490 e. The first-order valence-corrected chi connectivity index (χ1v) is 9.73. The fourth-order valence-electron chi connectivity index (χ4n) is 2.37. The molecule has 0 heterocycles. The third-order valence-electron chi connectivity index (χ3n) is 3.96. The van der Waals surface area contributed by atoms with Crippen LogP contribution in [0.3, 0.4) is 0 Å². The van der Waals surface area contributed by atoms with Crippen LogP contribution < -0.4 is 9.47 Å². The van der Waals surface area contributed by atoms with Gasteiger partial charge in [-0.25, -0.2) is 4.79 Å². The zero-order valence-electron chi connectivity index (χ0n) is 16.2. The van der Waals surface area contributed by atoms with Crippen LogP contribution in [-0.2, 0) is 0 Å². The lowest BCUT2D eigenvalue weighted by Gasteiger charge is -2.24. The van der Waals surface area contributed by atoms with E-state index in [0.717, 1.165) is 6.42 Å². The predicted molar refractivity (Wildman–Crippen MR) is 112 cm³/mol. The van der Waals surface area contributed by atoms with Gasteiger partial charge < -0.3 is 19.5 Å². The van der Waals surface area contributed by atoms with Crippen molar-refractivity contribution in [3.63, 3.8) is 0 Å². The second-order valence-electron chi connectivity index (χ2n) is 7.58. The maximum Gasteiger partial charge on any atom is 0.407 e. The van der Waals surface area contributed by atoms with E-state index >= 15 is 0 Å². The molecule has 0 unspecified atom stereocenters. The van der Waals surface area contributed by atoms with E-state index in [9.17, 15) is 9.90 Å². The molecule has 1 amide bonds. The van der Waals surface area contributed by atoms with E-state index in [4.69, 9.17) is 32.7 Å². The van der Waals surface area contributed by atoms with Crippen molar-refractivity contribution in [1.82, 2.24) is 4.90 Å². The van der Waals surface area contributed by atoms with Crippen molar-refractivity contribution in [3.05, 3.63) is 52.5 Å². The molecule has 5 nitrogen and oxygen atoms in total. The van der Waals surface area contributed by atoms with E-state index in [0.29, 0.717) is 33.8 Å². The first-order valence-electron chi connectivity index (χ1n) is 8.98. The molecule has 2 aromatic carbocycles. The second-order valence-corrected chi connectivity index (χ2v) is 8.42. The summed E-state index contributed by atoms with van der Waals surface area (Å²) in [7, 11) is 0. The summed E-state index contributed by atoms with van der Waals surface area (Å²) in [5, 5.41) is 10.3. The number of nitrogens with zero attached hydrogens (tertiary/aromatic N) is 1. The normalized spacial score (nSPS) is 11.2. The summed E-state index contributed by atoms with van der Waals surface area (Å²) in [6.07, 6.45) is -0.181. The fourth-order valence-corrected chi connectivity index (χ4v) is 2.77. The highest BCUT2D eigenvalue weighted by Gasteiger charge is 2.17. The maximum atomic E-state index is 11.4. The van der Waals surface area contributed by atoms with Gasteiger partial charge in [0, 0.05) is 17.6 Å². The molecule has 0 aliphatic carbocycles. The summed E-state index contributed by atoms with van der Waals surface area (Å²) in [6.45, 7) is 7.18. The van der Waals surface area contributed by atoms with Crippen LogP contribution in [0.15, 0.2) is 42.5 Å². The zero-order chi connectivity index (χ0) is 20.7. The van der Waals surface area contributed by atoms with Gasteiger partial charge in [-0.3, -0.25) is 0 Å². The summed E-state index contributed by atoms with van der Waals surface area (Å²) in [4.78, 5) is 12.7. The van der Waals surface area contributed by atoms with Crippen molar-refractivity contribution in [2.75, 3.05) is 19.7 Å².